The molecule has 0 aliphatic carbocycles. The van der Waals surface area contributed by atoms with Gasteiger partial charge in [0.1, 0.15) is 0 Å². The van der Waals surface area contributed by atoms with Crippen LogP contribution < -0.4 is 10.9 Å². The Morgan fingerprint density at radius 2 is 2.19 bits per heavy atom. The molecule has 1 amide bonds. The summed E-state index contributed by atoms with van der Waals surface area (Å²) in [5.41, 5.74) is -0.536. The van der Waals surface area contributed by atoms with E-state index in [1.807, 2.05) is 6.92 Å². The lowest BCUT2D eigenvalue weighted by Gasteiger charge is -2.14. The lowest BCUT2D eigenvalue weighted by atomic mass is 10.2. The fourth-order valence-corrected chi connectivity index (χ4v) is 5.06. The van der Waals surface area contributed by atoms with Crippen LogP contribution in [0.5, 0.6) is 0 Å². The van der Waals surface area contributed by atoms with Crippen molar-refractivity contribution in [3.63, 3.8) is 0 Å². The number of hydrogen-bond donors (Lipinski definition) is 1. The molecule has 6 nitrogen and oxygen atoms in total. The van der Waals surface area contributed by atoms with Crippen LogP contribution in [-0.4, -0.2) is 40.2 Å². The highest BCUT2D eigenvalue weighted by molar-refractivity contribution is 8.00. The standard InChI is InChI=1S/C19H19ClF3N3O3S2/c1-10-7-14-16(31-10)17(28)26(5-6-29-2)18(25-14)30-9-15(27)24-13-8-11(19(21,22)23)3-4-12(13)20/h3-4,8,10H,5-7,9H2,1-2H3,(H,24,27)/t10-/m0/s1. The number of anilines is 1. The number of thioether (sulfide) groups is 2. The zero-order valence-corrected chi connectivity index (χ0v) is 19.0. The Kier molecular flexibility index (Phi) is 7.61. The van der Waals surface area contributed by atoms with E-state index in [0.29, 0.717) is 28.8 Å². The number of amides is 1. The summed E-state index contributed by atoms with van der Waals surface area (Å²) in [5, 5.41) is 2.98. The SMILES string of the molecule is COCCn1c(SCC(=O)Nc2cc(C(F)(F)F)ccc2Cl)nc2c(c1=O)S[C@@H](C)C2. The van der Waals surface area contributed by atoms with Gasteiger partial charge in [-0.3, -0.25) is 14.2 Å². The summed E-state index contributed by atoms with van der Waals surface area (Å²) in [6.07, 6.45) is -3.90. The number of rotatable bonds is 7. The van der Waals surface area contributed by atoms with E-state index in [4.69, 9.17) is 16.3 Å². The van der Waals surface area contributed by atoms with E-state index in [-0.39, 0.29) is 33.8 Å². The van der Waals surface area contributed by atoms with Gasteiger partial charge in [-0.1, -0.05) is 30.3 Å². The van der Waals surface area contributed by atoms with E-state index < -0.39 is 17.6 Å². The first-order valence-corrected chi connectivity index (χ1v) is 11.4. The van der Waals surface area contributed by atoms with Gasteiger partial charge in [0.2, 0.25) is 5.91 Å². The predicted octanol–water partition coefficient (Wildman–Crippen LogP) is 4.33. The van der Waals surface area contributed by atoms with Crippen LogP contribution in [0.2, 0.25) is 5.02 Å². The number of carbonyl (C=O) groups excluding carboxylic acids is 1. The van der Waals surface area contributed by atoms with Crippen molar-refractivity contribution in [3.8, 4) is 0 Å². The Labute approximate surface area is 189 Å². The first kappa shape index (κ1) is 24.0. The molecule has 0 unspecified atom stereocenters. The Hall–Kier alpha value is -1.69. The highest BCUT2D eigenvalue weighted by atomic mass is 35.5. The lowest BCUT2D eigenvalue weighted by Crippen LogP contribution is -2.27. The predicted molar refractivity (Wildman–Crippen MR) is 115 cm³/mol. The number of carbonyl (C=O) groups is 1. The van der Waals surface area contributed by atoms with E-state index >= 15 is 0 Å². The molecule has 1 aliphatic rings. The van der Waals surface area contributed by atoms with Crippen molar-refractivity contribution in [1.29, 1.82) is 0 Å². The molecule has 1 N–H and O–H groups in total. The third-order valence-electron chi connectivity index (χ3n) is 4.38. The van der Waals surface area contributed by atoms with Crippen LogP contribution in [0.15, 0.2) is 33.0 Å². The highest BCUT2D eigenvalue weighted by Crippen LogP contribution is 2.35. The van der Waals surface area contributed by atoms with E-state index in [1.165, 1.54) is 23.4 Å². The first-order valence-electron chi connectivity index (χ1n) is 9.19. The quantitative estimate of drug-likeness (QED) is 0.457. The number of methoxy groups -OCH3 is 1. The van der Waals surface area contributed by atoms with Crippen LogP contribution in [0.4, 0.5) is 18.9 Å². The van der Waals surface area contributed by atoms with Crippen LogP contribution in [0, 0.1) is 0 Å². The molecule has 12 heteroatoms. The molecule has 0 fully saturated rings. The van der Waals surface area contributed by atoms with Gasteiger partial charge in [-0.25, -0.2) is 4.98 Å². The number of hydrogen-bond acceptors (Lipinski definition) is 6. The molecule has 0 bridgehead atoms. The number of ether oxygens (including phenoxy) is 1. The van der Waals surface area contributed by atoms with Gasteiger partial charge in [-0.15, -0.1) is 11.8 Å². The molecule has 1 aliphatic heterocycles. The van der Waals surface area contributed by atoms with E-state index in [1.54, 1.807) is 0 Å². The lowest BCUT2D eigenvalue weighted by molar-refractivity contribution is -0.137. The molecule has 0 spiro atoms. The molecule has 3 rings (SSSR count). The fourth-order valence-electron chi connectivity index (χ4n) is 2.94. The Balaban J connectivity index is 1.77. The summed E-state index contributed by atoms with van der Waals surface area (Å²) >= 11 is 8.43. The van der Waals surface area contributed by atoms with Crippen LogP contribution in [0.1, 0.15) is 18.2 Å². The second kappa shape index (κ2) is 9.85. The minimum absolute atomic E-state index is 0.00924. The zero-order valence-electron chi connectivity index (χ0n) is 16.6. The number of halogens is 4. The van der Waals surface area contributed by atoms with E-state index in [9.17, 15) is 22.8 Å². The summed E-state index contributed by atoms with van der Waals surface area (Å²) < 4.78 is 45.3. The smallest absolute Gasteiger partial charge is 0.383 e. The monoisotopic (exact) mass is 493 g/mol. The summed E-state index contributed by atoms with van der Waals surface area (Å²) in [6.45, 7) is 2.57. The normalized spacial score (nSPS) is 15.7. The van der Waals surface area contributed by atoms with Gasteiger partial charge in [0.25, 0.3) is 5.56 Å². The number of nitrogens with one attached hydrogen (secondary N) is 1. The summed E-state index contributed by atoms with van der Waals surface area (Å²) in [4.78, 5) is 30.4. The molecule has 0 saturated heterocycles. The highest BCUT2D eigenvalue weighted by Gasteiger charge is 2.31. The van der Waals surface area contributed by atoms with Gasteiger partial charge in [-0.2, -0.15) is 13.2 Å². The van der Waals surface area contributed by atoms with Crippen molar-refractivity contribution in [2.75, 3.05) is 24.8 Å². The topological polar surface area (TPSA) is 73.2 Å². The molecule has 0 saturated carbocycles. The van der Waals surface area contributed by atoms with E-state index in [2.05, 4.69) is 10.3 Å². The molecule has 2 aromatic rings. The fraction of sp³-hybridized carbons (Fsp3) is 0.421. The van der Waals surface area contributed by atoms with Gasteiger partial charge in [-0.05, 0) is 18.2 Å². The summed E-state index contributed by atoms with van der Waals surface area (Å²) in [6, 6.07) is 2.71. The van der Waals surface area contributed by atoms with Crippen molar-refractivity contribution in [3.05, 3.63) is 44.8 Å². The number of benzene rings is 1. The molecule has 1 atom stereocenters. The van der Waals surface area contributed by atoms with Gasteiger partial charge in [0.15, 0.2) is 5.16 Å². The first-order chi connectivity index (χ1) is 14.6. The van der Waals surface area contributed by atoms with E-state index in [0.717, 1.165) is 30.0 Å². The summed E-state index contributed by atoms with van der Waals surface area (Å²) in [7, 11) is 1.52. The minimum Gasteiger partial charge on any atom is -0.383 e. The van der Waals surface area contributed by atoms with Crippen molar-refractivity contribution in [2.24, 2.45) is 0 Å². The van der Waals surface area contributed by atoms with Gasteiger partial charge in [0, 0.05) is 18.8 Å². The van der Waals surface area contributed by atoms with Crippen molar-refractivity contribution < 1.29 is 22.7 Å². The Morgan fingerprint density at radius 3 is 2.87 bits per heavy atom. The molecule has 0 radical (unpaired) electrons. The molecular weight excluding hydrogens is 475 g/mol. The van der Waals surface area contributed by atoms with Crippen LogP contribution in [-0.2, 0) is 28.7 Å². The number of alkyl halides is 3. The van der Waals surface area contributed by atoms with Crippen LogP contribution in [0.3, 0.4) is 0 Å². The van der Waals surface area contributed by atoms with Crippen LogP contribution in [0.25, 0.3) is 0 Å². The number of nitrogens with zero attached hydrogens (tertiary/aromatic N) is 2. The van der Waals surface area contributed by atoms with Gasteiger partial charge in [0.05, 0.1) is 45.8 Å². The van der Waals surface area contributed by atoms with Gasteiger partial charge < -0.3 is 10.1 Å². The molecule has 31 heavy (non-hydrogen) atoms. The van der Waals surface area contributed by atoms with Crippen molar-refractivity contribution in [1.82, 2.24) is 9.55 Å². The minimum atomic E-state index is -4.56. The zero-order chi connectivity index (χ0) is 22.8. The largest absolute Gasteiger partial charge is 0.416 e. The van der Waals surface area contributed by atoms with Crippen molar-refractivity contribution in [2.45, 2.75) is 41.4 Å². The van der Waals surface area contributed by atoms with Crippen molar-refractivity contribution >= 4 is 46.7 Å². The maximum absolute atomic E-state index is 12.9. The third-order valence-corrected chi connectivity index (χ3v) is 6.90. The van der Waals surface area contributed by atoms with Gasteiger partial charge >= 0.3 is 6.18 Å². The maximum atomic E-state index is 12.9. The second-order valence-corrected chi connectivity index (χ2v) is 9.58. The molecule has 168 valence electrons. The third kappa shape index (κ3) is 5.76. The Morgan fingerprint density at radius 1 is 1.45 bits per heavy atom. The molecule has 1 aromatic carbocycles. The average Bonchev–Trinajstić information content (AvgIpc) is 3.07. The summed E-state index contributed by atoms with van der Waals surface area (Å²) in [5.74, 6) is -0.727. The molecule has 1 aromatic heterocycles. The van der Waals surface area contributed by atoms with Crippen LogP contribution >= 0.6 is 35.1 Å². The maximum Gasteiger partial charge on any atom is 0.416 e. The number of fused-ring (bicyclic) bond motifs is 1. The number of aromatic nitrogens is 2. The molecule has 2 heterocycles. The Bertz CT molecular complexity index is 1050. The second-order valence-electron chi connectivity index (χ2n) is 6.78. The average molecular weight is 494 g/mol. The molecular formula is C19H19ClF3N3O3S2.